The molecule has 1 aliphatic heterocycles. The van der Waals surface area contributed by atoms with Crippen molar-refractivity contribution in [2.75, 3.05) is 25.1 Å². The Balaban J connectivity index is 1.71. The molecule has 24 heavy (non-hydrogen) atoms. The molecule has 1 aromatic carbocycles. The number of thiophene rings is 1. The normalized spacial score (nSPS) is 14.2. The number of nitrogens with one attached hydrogen (secondary N) is 2. The predicted octanol–water partition coefficient (Wildman–Crippen LogP) is 4.25. The van der Waals surface area contributed by atoms with Crippen molar-refractivity contribution in [2.24, 2.45) is 4.99 Å². The Bertz CT molecular complexity index is 718. The van der Waals surface area contributed by atoms with E-state index in [9.17, 15) is 0 Å². The molecule has 2 heterocycles. The minimum atomic E-state index is 0.635. The van der Waals surface area contributed by atoms with Crippen molar-refractivity contribution in [3.63, 3.8) is 0 Å². The van der Waals surface area contributed by atoms with E-state index in [0.717, 1.165) is 39.9 Å². The largest absolute Gasteiger partial charge is 0.490 e. The van der Waals surface area contributed by atoms with Crippen LogP contribution in [0.15, 0.2) is 39.1 Å². The number of anilines is 1. The van der Waals surface area contributed by atoms with Crippen molar-refractivity contribution < 1.29 is 9.47 Å². The molecule has 0 atom stereocenters. The lowest BCUT2D eigenvalue weighted by atomic mass is 10.3. The molecule has 2 N–H and O–H groups in total. The molecule has 0 saturated carbocycles. The van der Waals surface area contributed by atoms with Crippen LogP contribution in [0.3, 0.4) is 0 Å². The van der Waals surface area contributed by atoms with Crippen LogP contribution in [-0.4, -0.2) is 25.7 Å². The molecular formula is C17H20BrN3O2S. The standard InChI is InChI=1S/C17H20BrN3O2S/c1-2-19-17(20-11-13-5-7-16(18)24-13)21-12-4-6-14-15(10-12)23-9-3-8-22-14/h4-7,10H,2-3,8-9,11H2,1H3,(H2,19,20,21). The summed E-state index contributed by atoms with van der Waals surface area (Å²) >= 11 is 5.17. The molecule has 128 valence electrons. The summed E-state index contributed by atoms with van der Waals surface area (Å²) in [5.41, 5.74) is 0.923. The number of halogens is 1. The zero-order valence-electron chi connectivity index (χ0n) is 13.5. The maximum atomic E-state index is 5.73. The van der Waals surface area contributed by atoms with Crippen LogP contribution in [-0.2, 0) is 6.54 Å². The van der Waals surface area contributed by atoms with Crippen molar-refractivity contribution >= 4 is 38.9 Å². The molecule has 0 aliphatic carbocycles. The van der Waals surface area contributed by atoms with Crippen LogP contribution >= 0.6 is 27.3 Å². The van der Waals surface area contributed by atoms with Crippen LogP contribution in [0, 0.1) is 0 Å². The third-order valence-electron chi connectivity index (χ3n) is 3.38. The summed E-state index contributed by atoms with van der Waals surface area (Å²) in [5, 5.41) is 6.58. The van der Waals surface area contributed by atoms with Gasteiger partial charge in [-0.2, -0.15) is 0 Å². The lowest BCUT2D eigenvalue weighted by molar-refractivity contribution is 0.297. The van der Waals surface area contributed by atoms with Crippen LogP contribution < -0.4 is 20.1 Å². The first-order chi connectivity index (χ1) is 11.7. The number of fused-ring (bicyclic) bond motifs is 1. The van der Waals surface area contributed by atoms with Gasteiger partial charge in [-0.05, 0) is 47.1 Å². The Kier molecular flexibility index (Phi) is 5.98. The smallest absolute Gasteiger partial charge is 0.196 e. The van der Waals surface area contributed by atoms with E-state index in [2.05, 4.69) is 37.6 Å². The van der Waals surface area contributed by atoms with E-state index in [4.69, 9.17) is 9.47 Å². The van der Waals surface area contributed by atoms with Gasteiger partial charge < -0.3 is 20.1 Å². The van der Waals surface area contributed by atoms with Gasteiger partial charge in [0.2, 0.25) is 0 Å². The third kappa shape index (κ3) is 4.64. The third-order valence-corrected chi connectivity index (χ3v) is 4.98. The number of benzene rings is 1. The molecule has 0 radical (unpaired) electrons. The number of hydrogen-bond donors (Lipinski definition) is 2. The second-order valence-electron chi connectivity index (χ2n) is 5.24. The van der Waals surface area contributed by atoms with Gasteiger partial charge in [0.15, 0.2) is 17.5 Å². The maximum Gasteiger partial charge on any atom is 0.196 e. The first-order valence-corrected chi connectivity index (χ1v) is 9.55. The van der Waals surface area contributed by atoms with Gasteiger partial charge >= 0.3 is 0 Å². The molecular weight excluding hydrogens is 390 g/mol. The van der Waals surface area contributed by atoms with Crippen LogP contribution in [0.25, 0.3) is 0 Å². The highest BCUT2D eigenvalue weighted by atomic mass is 79.9. The van der Waals surface area contributed by atoms with Crippen LogP contribution in [0.1, 0.15) is 18.2 Å². The van der Waals surface area contributed by atoms with Crippen molar-refractivity contribution in [1.82, 2.24) is 5.32 Å². The zero-order valence-corrected chi connectivity index (χ0v) is 15.9. The summed E-state index contributed by atoms with van der Waals surface area (Å²) in [6, 6.07) is 9.98. The van der Waals surface area contributed by atoms with Crippen molar-refractivity contribution in [3.8, 4) is 11.5 Å². The molecule has 1 aliphatic rings. The fourth-order valence-electron chi connectivity index (χ4n) is 2.28. The highest BCUT2D eigenvalue weighted by Gasteiger charge is 2.11. The number of guanidine groups is 1. The molecule has 0 bridgehead atoms. The lowest BCUT2D eigenvalue weighted by Crippen LogP contribution is -2.30. The summed E-state index contributed by atoms with van der Waals surface area (Å²) in [6.07, 6.45) is 0.901. The summed E-state index contributed by atoms with van der Waals surface area (Å²) in [5.74, 6) is 2.32. The SMILES string of the molecule is CCNC(=NCc1ccc(Br)s1)Nc1ccc2c(c1)OCCCO2. The van der Waals surface area contributed by atoms with Gasteiger partial charge in [0.1, 0.15) is 0 Å². The summed E-state index contributed by atoms with van der Waals surface area (Å²) in [4.78, 5) is 5.84. The van der Waals surface area contributed by atoms with E-state index in [1.165, 1.54) is 4.88 Å². The molecule has 0 saturated heterocycles. The average molecular weight is 410 g/mol. The van der Waals surface area contributed by atoms with E-state index in [1.807, 2.05) is 31.2 Å². The topological polar surface area (TPSA) is 54.9 Å². The second kappa shape index (κ2) is 8.39. The highest BCUT2D eigenvalue weighted by molar-refractivity contribution is 9.11. The van der Waals surface area contributed by atoms with Crippen LogP contribution in [0.4, 0.5) is 5.69 Å². The molecule has 3 rings (SSSR count). The van der Waals surface area contributed by atoms with Gasteiger partial charge in [-0.1, -0.05) is 0 Å². The van der Waals surface area contributed by atoms with E-state index in [1.54, 1.807) is 11.3 Å². The Morgan fingerprint density at radius 2 is 2.04 bits per heavy atom. The molecule has 7 heteroatoms. The van der Waals surface area contributed by atoms with E-state index >= 15 is 0 Å². The van der Waals surface area contributed by atoms with Gasteiger partial charge in [-0.15, -0.1) is 11.3 Å². The number of nitrogens with zero attached hydrogens (tertiary/aromatic N) is 1. The first-order valence-electron chi connectivity index (χ1n) is 7.94. The monoisotopic (exact) mass is 409 g/mol. The quantitative estimate of drug-likeness (QED) is 0.585. The number of ether oxygens (including phenoxy) is 2. The van der Waals surface area contributed by atoms with Crippen LogP contribution in [0.5, 0.6) is 11.5 Å². The summed E-state index contributed by atoms with van der Waals surface area (Å²) in [7, 11) is 0. The lowest BCUT2D eigenvalue weighted by Gasteiger charge is -2.13. The highest BCUT2D eigenvalue weighted by Crippen LogP contribution is 2.32. The van der Waals surface area contributed by atoms with Crippen molar-refractivity contribution in [1.29, 1.82) is 0 Å². The van der Waals surface area contributed by atoms with E-state index < -0.39 is 0 Å². The molecule has 5 nitrogen and oxygen atoms in total. The fourth-order valence-corrected chi connectivity index (χ4v) is 3.69. The number of rotatable bonds is 4. The Morgan fingerprint density at radius 3 is 2.79 bits per heavy atom. The maximum absolute atomic E-state index is 5.73. The molecule has 0 spiro atoms. The Morgan fingerprint density at radius 1 is 1.21 bits per heavy atom. The number of hydrogen-bond acceptors (Lipinski definition) is 4. The molecule has 1 aromatic heterocycles. The average Bonchev–Trinajstić information content (AvgIpc) is 2.85. The van der Waals surface area contributed by atoms with Gasteiger partial charge in [-0.25, -0.2) is 4.99 Å². The van der Waals surface area contributed by atoms with Gasteiger partial charge in [0.25, 0.3) is 0 Å². The minimum Gasteiger partial charge on any atom is -0.490 e. The zero-order chi connectivity index (χ0) is 16.8. The van der Waals surface area contributed by atoms with Gasteiger partial charge in [0.05, 0.1) is 23.5 Å². The minimum absolute atomic E-state index is 0.635. The molecule has 0 amide bonds. The van der Waals surface area contributed by atoms with Gasteiger partial charge in [0, 0.05) is 29.6 Å². The fraction of sp³-hybridized carbons (Fsp3) is 0.353. The molecule has 0 unspecified atom stereocenters. The van der Waals surface area contributed by atoms with Crippen molar-refractivity contribution in [2.45, 2.75) is 19.9 Å². The summed E-state index contributed by atoms with van der Waals surface area (Å²) in [6.45, 7) is 4.85. The van der Waals surface area contributed by atoms with Crippen molar-refractivity contribution in [3.05, 3.63) is 39.0 Å². The number of aliphatic imine (C=N–C) groups is 1. The summed E-state index contributed by atoms with van der Waals surface area (Å²) < 4.78 is 12.5. The van der Waals surface area contributed by atoms with Crippen LogP contribution in [0.2, 0.25) is 0 Å². The molecule has 0 fully saturated rings. The molecule has 2 aromatic rings. The Labute approximate surface area is 154 Å². The van der Waals surface area contributed by atoms with E-state index in [0.29, 0.717) is 19.8 Å². The first kappa shape index (κ1) is 17.1. The van der Waals surface area contributed by atoms with E-state index in [-0.39, 0.29) is 0 Å². The predicted molar refractivity (Wildman–Crippen MR) is 103 cm³/mol. The van der Waals surface area contributed by atoms with Gasteiger partial charge in [-0.3, -0.25) is 0 Å². The Hall–Kier alpha value is -1.73. The second-order valence-corrected chi connectivity index (χ2v) is 7.79.